The highest BCUT2D eigenvalue weighted by Crippen LogP contribution is 2.22. The van der Waals surface area contributed by atoms with Gasteiger partial charge in [-0.25, -0.2) is 0 Å². The van der Waals surface area contributed by atoms with Crippen LogP contribution in [0.3, 0.4) is 0 Å². The minimum atomic E-state index is -0.482. The number of ether oxygens (including phenoxy) is 2. The third kappa shape index (κ3) is 5.42. The Morgan fingerprint density at radius 1 is 0.880 bits per heavy atom. The van der Waals surface area contributed by atoms with E-state index in [0.717, 1.165) is 11.1 Å². The van der Waals surface area contributed by atoms with Crippen LogP contribution in [0.15, 0.2) is 48.5 Å². The lowest BCUT2D eigenvalue weighted by atomic mass is 10.1. The van der Waals surface area contributed by atoms with Crippen molar-refractivity contribution in [3.8, 4) is 11.5 Å². The minimum absolute atomic E-state index is 0.243. The molecule has 0 spiro atoms. The van der Waals surface area contributed by atoms with Crippen molar-refractivity contribution in [3.05, 3.63) is 65.2 Å². The molecule has 0 bridgehead atoms. The van der Waals surface area contributed by atoms with E-state index in [-0.39, 0.29) is 11.5 Å². The topological polar surface area (TPSA) is 69.7 Å². The SMILES string of the molecule is CC(=O)Oc1ccc(/C=C/C(=O)c2ccc(C)cc2OC(C)=O)cc1. The predicted octanol–water partition coefficient (Wildman–Crippen LogP) is 3.74. The Kier molecular flexibility index (Phi) is 5.84. The van der Waals surface area contributed by atoms with Gasteiger partial charge in [0.2, 0.25) is 0 Å². The van der Waals surface area contributed by atoms with E-state index in [1.54, 1.807) is 48.5 Å². The number of hydrogen-bond donors (Lipinski definition) is 0. The highest BCUT2D eigenvalue weighted by atomic mass is 16.5. The van der Waals surface area contributed by atoms with E-state index in [9.17, 15) is 14.4 Å². The largest absolute Gasteiger partial charge is 0.427 e. The number of carbonyl (C=O) groups excluding carboxylic acids is 3. The number of rotatable bonds is 5. The Balaban J connectivity index is 2.17. The van der Waals surface area contributed by atoms with Gasteiger partial charge in [-0.2, -0.15) is 0 Å². The molecule has 0 aliphatic carbocycles. The second-order valence-electron chi connectivity index (χ2n) is 5.45. The lowest BCUT2D eigenvalue weighted by molar-refractivity contribution is -0.132. The van der Waals surface area contributed by atoms with Crippen molar-refractivity contribution in [1.29, 1.82) is 0 Å². The van der Waals surface area contributed by atoms with E-state index in [4.69, 9.17) is 9.47 Å². The van der Waals surface area contributed by atoms with Crippen LogP contribution < -0.4 is 9.47 Å². The van der Waals surface area contributed by atoms with Gasteiger partial charge in [0.25, 0.3) is 0 Å². The average molecular weight is 338 g/mol. The van der Waals surface area contributed by atoms with Crippen LogP contribution in [0, 0.1) is 6.92 Å². The van der Waals surface area contributed by atoms with Gasteiger partial charge in [0, 0.05) is 13.8 Å². The summed E-state index contributed by atoms with van der Waals surface area (Å²) in [5.41, 5.74) is 1.97. The second-order valence-corrected chi connectivity index (χ2v) is 5.45. The van der Waals surface area contributed by atoms with Crippen molar-refractivity contribution >= 4 is 23.8 Å². The van der Waals surface area contributed by atoms with Crippen LogP contribution in [0.1, 0.15) is 35.3 Å². The number of allylic oxidation sites excluding steroid dienone is 1. The van der Waals surface area contributed by atoms with Gasteiger partial charge in [0.15, 0.2) is 5.78 Å². The first kappa shape index (κ1) is 18.1. The first-order valence-electron chi connectivity index (χ1n) is 7.65. The van der Waals surface area contributed by atoms with Crippen molar-refractivity contribution < 1.29 is 23.9 Å². The Labute approximate surface area is 145 Å². The summed E-state index contributed by atoms with van der Waals surface area (Å²) in [5.74, 6) is -0.472. The minimum Gasteiger partial charge on any atom is -0.427 e. The number of benzene rings is 2. The quantitative estimate of drug-likeness (QED) is 0.359. The normalized spacial score (nSPS) is 10.5. The van der Waals surface area contributed by atoms with Gasteiger partial charge in [-0.15, -0.1) is 0 Å². The fourth-order valence-electron chi connectivity index (χ4n) is 2.15. The summed E-state index contributed by atoms with van der Waals surface area (Å²) in [6, 6.07) is 11.8. The van der Waals surface area contributed by atoms with Crippen molar-refractivity contribution in [1.82, 2.24) is 0 Å². The molecule has 2 aromatic carbocycles. The van der Waals surface area contributed by atoms with Crippen molar-refractivity contribution in [2.75, 3.05) is 0 Å². The number of hydrogen-bond acceptors (Lipinski definition) is 5. The van der Waals surface area contributed by atoms with Crippen molar-refractivity contribution in [2.45, 2.75) is 20.8 Å². The fraction of sp³-hybridized carbons (Fsp3) is 0.150. The van der Waals surface area contributed by atoms with Crippen LogP contribution >= 0.6 is 0 Å². The molecule has 0 aliphatic heterocycles. The molecular formula is C20H18O5. The fourth-order valence-corrected chi connectivity index (χ4v) is 2.15. The molecule has 0 heterocycles. The van der Waals surface area contributed by atoms with Crippen molar-refractivity contribution in [3.63, 3.8) is 0 Å². The highest BCUT2D eigenvalue weighted by Gasteiger charge is 2.12. The Morgan fingerprint density at radius 3 is 2.12 bits per heavy atom. The molecule has 0 atom stereocenters. The summed E-state index contributed by atoms with van der Waals surface area (Å²) in [7, 11) is 0. The van der Waals surface area contributed by atoms with E-state index in [1.165, 1.54) is 19.9 Å². The zero-order chi connectivity index (χ0) is 18.4. The smallest absolute Gasteiger partial charge is 0.308 e. The maximum absolute atomic E-state index is 12.4. The predicted molar refractivity (Wildman–Crippen MR) is 93.6 cm³/mol. The summed E-state index contributed by atoms with van der Waals surface area (Å²) >= 11 is 0. The second kappa shape index (κ2) is 8.06. The summed E-state index contributed by atoms with van der Waals surface area (Å²) in [6.45, 7) is 4.47. The lowest BCUT2D eigenvalue weighted by Gasteiger charge is -2.07. The van der Waals surface area contributed by atoms with Crippen molar-refractivity contribution in [2.24, 2.45) is 0 Å². The number of ketones is 1. The molecule has 0 radical (unpaired) electrons. The first-order valence-corrected chi connectivity index (χ1v) is 7.65. The molecule has 128 valence electrons. The molecular weight excluding hydrogens is 320 g/mol. The highest BCUT2D eigenvalue weighted by molar-refractivity contribution is 6.09. The molecule has 0 aliphatic rings. The van der Waals surface area contributed by atoms with E-state index in [0.29, 0.717) is 11.3 Å². The van der Waals surface area contributed by atoms with Gasteiger partial charge in [0.1, 0.15) is 11.5 Å². The number of esters is 2. The molecule has 2 aromatic rings. The van der Waals surface area contributed by atoms with Crippen LogP contribution in [0.25, 0.3) is 6.08 Å². The van der Waals surface area contributed by atoms with Gasteiger partial charge in [-0.1, -0.05) is 24.3 Å². The maximum Gasteiger partial charge on any atom is 0.308 e. The third-order valence-corrected chi connectivity index (χ3v) is 3.23. The molecule has 0 saturated heterocycles. The monoisotopic (exact) mass is 338 g/mol. The molecule has 0 fully saturated rings. The molecule has 0 amide bonds. The molecule has 5 heteroatoms. The molecule has 2 rings (SSSR count). The van der Waals surface area contributed by atoms with Crippen LogP contribution in [-0.4, -0.2) is 17.7 Å². The summed E-state index contributed by atoms with van der Waals surface area (Å²) in [5, 5.41) is 0. The molecule has 5 nitrogen and oxygen atoms in total. The average Bonchev–Trinajstić information content (AvgIpc) is 2.53. The summed E-state index contributed by atoms with van der Waals surface area (Å²) in [4.78, 5) is 34.5. The maximum atomic E-state index is 12.4. The van der Waals surface area contributed by atoms with Gasteiger partial charge < -0.3 is 9.47 Å². The van der Waals surface area contributed by atoms with E-state index < -0.39 is 11.9 Å². The Bertz CT molecular complexity index is 832. The van der Waals surface area contributed by atoms with Gasteiger partial charge in [-0.05, 0) is 48.4 Å². The number of aryl methyl sites for hydroxylation is 1. The number of carbonyl (C=O) groups is 3. The van der Waals surface area contributed by atoms with E-state index in [2.05, 4.69) is 0 Å². The van der Waals surface area contributed by atoms with E-state index >= 15 is 0 Å². The van der Waals surface area contributed by atoms with Gasteiger partial charge in [-0.3, -0.25) is 14.4 Å². The molecule has 0 saturated carbocycles. The summed E-state index contributed by atoms with van der Waals surface area (Å²) in [6.07, 6.45) is 3.04. The molecule has 0 unspecified atom stereocenters. The van der Waals surface area contributed by atoms with Gasteiger partial charge >= 0.3 is 11.9 Å². The standard InChI is InChI=1S/C20H18O5/c1-13-4-10-18(20(12-13)25-15(3)22)19(23)11-7-16-5-8-17(9-6-16)24-14(2)21/h4-12H,1-3H3/b11-7+. The van der Waals surface area contributed by atoms with Crippen LogP contribution in [0.4, 0.5) is 0 Å². The van der Waals surface area contributed by atoms with Crippen LogP contribution in [0.5, 0.6) is 11.5 Å². The van der Waals surface area contributed by atoms with Crippen LogP contribution in [0.2, 0.25) is 0 Å². The zero-order valence-electron chi connectivity index (χ0n) is 14.2. The van der Waals surface area contributed by atoms with E-state index in [1.807, 2.05) is 6.92 Å². The third-order valence-electron chi connectivity index (χ3n) is 3.23. The first-order chi connectivity index (χ1) is 11.8. The Morgan fingerprint density at radius 2 is 1.52 bits per heavy atom. The van der Waals surface area contributed by atoms with Crippen LogP contribution in [-0.2, 0) is 9.59 Å². The molecule has 0 N–H and O–H groups in total. The Hall–Kier alpha value is -3.21. The zero-order valence-corrected chi connectivity index (χ0v) is 14.2. The molecule has 25 heavy (non-hydrogen) atoms. The lowest BCUT2D eigenvalue weighted by Crippen LogP contribution is -2.06. The summed E-state index contributed by atoms with van der Waals surface area (Å²) < 4.78 is 10.1. The molecule has 0 aromatic heterocycles. The van der Waals surface area contributed by atoms with Gasteiger partial charge in [0.05, 0.1) is 5.56 Å².